The number of nitrogens with one attached hydrogen (secondary N) is 4. The quantitative estimate of drug-likeness (QED) is 0.153. The van der Waals surface area contributed by atoms with Crippen LogP contribution in [0.25, 0.3) is 44.1 Å². The van der Waals surface area contributed by atoms with Gasteiger partial charge in [-0.05, 0) is 47.9 Å². The van der Waals surface area contributed by atoms with Crippen molar-refractivity contribution in [1.29, 1.82) is 10.5 Å². The van der Waals surface area contributed by atoms with Gasteiger partial charge in [0.05, 0.1) is 59.6 Å². The van der Waals surface area contributed by atoms with Gasteiger partial charge in [-0.15, -0.1) is 0 Å². The lowest BCUT2D eigenvalue weighted by Crippen LogP contribution is -2.15. The third-order valence-corrected chi connectivity index (χ3v) is 8.17. The number of nitriles is 2. The summed E-state index contributed by atoms with van der Waals surface area (Å²) in [5, 5.41) is 39.5. The number of fused-ring (bicyclic) bond motifs is 2. The van der Waals surface area contributed by atoms with E-state index in [1.54, 1.807) is 49.3 Å². The van der Waals surface area contributed by atoms with E-state index in [9.17, 15) is 9.59 Å². The van der Waals surface area contributed by atoms with E-state index >= 15 is 0 Å². The molecule has 0 spiro atoms. The summed E-state index contributed by atoms with van der Waals surface area (Å²) in [6, 6.07) is 11.4. The molecule has 0 aromatic carbocycles. The number of H-pyrrole nitrogens is 2. The number of pyridine rings is 4. The summed E-state index contributed by atoms with van der Waals surface area (Å²) in [4.78, 5) is 41.2. The van der Waals surface area contributed by atoms with Crippen molar-refractivity contribution < 1.29 is 9.59 Å². The van der Waals surface area contributed by atoms with Crippen molar-refractivity contribution in [2.24, 2.45) is 23.7 Å². The Morgan fingerprint density at radius 3 is 1.50 bits per heavy atom. The molecule has 16 nitrogen and oxygen atoms in total. The number of hydrogen-bond donors (Lipinski definition) is 6. The number of carbonyl (C=O) groups excluding carboxylic acids is 2. The molecular weight excluding hydrogens is 612 g/mol. The Kier molecular flexibility index (Phi) is 7.50. The van der Waals surface area contributed by atoms with E-state index in [2.05, 4.69) is 63.1 Å². The molecular formula is C32H26N14O2. The standard InChI is InChI=1S/2C16H13N7O/c2*17-4-9-1-11(9)16(24)23-14-3-8-2-13(10-5-20-21-6-10)22-15(18)12(8)7-19-14/h2*2-3,5-7,9,11H,1H2,(H2,18,22)(H,20,21)(H,19,23,24)/t9-,11?;9-,11+/m10/s1. The highest BCUT2D eigenvalue weighted by Crippen LogP contribution is 2.39. The van der Waals surface area contributed by atoms with Crippen molar-refractivity contribution in [3.63, 3.8) is 0 Å². The summed E-state index contributed by atoms with van der Waals surface area (Å²) >= 11 is 0. The van der Waals surface area contributed by atoms with E-state index in [0.717, 1.165) is 21.9 Å². The molecule has 0 bridgehead atoms. The second kappa shape index (κ2) is 12.1. The highest BCUT2D eigenvalue weighted by Gasteiger charge is 2.44. The molecule has 2 amide bonds. The van der Waals surface area contributed by atoms with Crippen LogP contribution in [-0.2, 0) is 9.59 Å². The van der Waals surface area contributed by atoms with Gasteiger partial charge in [-0.25, -0.2) is 19.9 Å². The fourth-order valence-corrected chi connectivity index (χ4v) is 5.26. The van der Waals surface area contributed by atoms with Crippen LogP contribution in [0.2, 0.25) is 0 Å². The monoisotopic (exact) mass is 638 g/mol. The molecule has 6 heterocycles. The largest absolute Gasteiger partial charge is 0.383 e. The first-order valence-electron chi connectivity index (χ1n) is 14.8. The van der Waals surface area contributed by atoms with Crippen LogP contribution in [0.1, 0.15) is 12.8 Å². The summed E-state index contributed by atoms with van der Waals surface area (Å²) in [5.74, 6) is 0.390. The van der Waals surface area contributed by atoms with Gasteiger partial charge in [-0.2, -0.15) is 20.7 Å². The van der Waals surface area contributed by atoms with Crippen molar-refractivity contribution in [2.75, 3.05) is 22.1 Å². The maximum atomic E-state index is 12.0. The summed E-state index contributed by atoms with van der Waals surface area (Å²) in [7, 11) is 0. The highest BCUT2D eigenvalue weighted by molar-refractivity contribution is 5.99. The number of carbonyl (C=O) groups is 2. The zero-order chi connectivity index (χ0) is 33.4. The van der Waals surface area contributed by atoms with Gasteiger partial charge in [-0.3, -0.25) is 19.8 Å². The van der Waals surface area contributed by atoms with Gasteiger partial charge in [0.2, 0.25) is 11.8 Å². The summed E-state index contributed by atoms with van der Waals surface area (Å²) in [6.45, 7) is 0. The first kappa shape index (κ1) is 29.8. The SMILES string of the molecule is N#C[C@@H]1C[C@H]1C(=O)Nc1cc2cc(-c3cn[nH]c3)nc(N)c2cn1.N#C[C@H]1CC1C(=O)Nc1cc2cc(-c3cn[nH]c3)nc(N)c2cn1. The molecule has 2 saturated carbocycles. The topological polar surface area (TPSA) is 267 Å². The fraction of sp³-hybridized carbons (Fsp3) is 0.188. The maximum absolute atomic E-state index is 12.0. The molecule has 16 heteroatoms. The molecule has 0 saturated heterocycles. The van der Waals surface area contributed by atoms with Crippen molar-refractivity contribution in [3.05, 3.63) is 61.4 Å². The van der Waals surface area contributed by atoms with Gasteiger partial charge < -0.3 is 22.1 Å². The first-order valence-corrected chi connectivity index (χ1v) is 14.8. The van der Waals surface area contributed by atoms with Crippen LogP contribution < -0.4 is 22.1 Å². The van der Waals surface area contributed by atoms with Crippen LogP contribution in [-0.4, -0.2) is 52.1 Å². The number of rotatable bonds is 6. The number of nitrogens with zero attached hydrogens (tertiary/aromatic N) is 8. The third kappa shape index (κ3) is 6.01. The summed E-state index contributed by atoms with van der Waals surface area (Å²) in [6.07, 6.45) is 11.2. The average molecular weight is 639 g/mol. The lowest BCUT2D eigenvalue weighted by Gasteiger charge is -2.08. The van der Waals surface area contributed by atoms with E-state index < -0.39 is 0 Å². The van der Waals surface area contributed by atoms with E-state index in [1.807, 2.05) is 12.1 Å². The lowest BCUT2D eigenvalue weighted by molar-refractivity contribution is -0.118. The van der Waals surface area contributed by atoms with E-state index in [1.165, 1.54) is 0 Å². The molecule has 6 aromatic rings. The van der Waals surface area contributed by atoms with Gasteiger partial charge in [0, 0.05) is 46.7 Å². The number of aromatic amines is 2. The zero-order valence-corrected chi connectivity index (χ0v) is 25.0. The number of hydrogen-bond acceptors (Lipinski definition) is 12. The number of nitrogens with two attached hydrogens (primary N) is 2. The molecule has 48 heavy (non-hydrogen) atoms. The summed E-state index contributed by atoms with van der Waals surface area (Å²) < 4.78 is 0. The number of amides is 2. The normalized spacial score (nSPS) is 19.0. The molecule has 8 N–H and O–H groups in total. The molecule has 2 aliphatic rings. The number of nitrogen functional groups attached to an aromatic ring is 2. The van der Waals surface area contributed by atoms with Gasteiger partial charge in [-0.1, -0.05) is 0 Å². The van der Waals surface area contributed by atoms with Crippen LogP contribution in [0.4, 0.5) is 23.3 Å². The van der Waals surface area contributed by atoms with Crippen LogP contribution in [0.3, 0.4) is 0 Å². The Morgan fingerprint density at radius 1 is 0.708 bits per heavy atom. The molecule has 0 radical (unpaired) electrons. The predicted octanol–water partition coefficient (Wildman–Crippen LogP) is 3.40. The van der Waals surface area contributed by atoms with Crippen LogP contribution >= 0.6 is 0 Å². The Balaban J connectivity index is 0.000000152. The number of aromatic nitrogens is 8. The molecule has 1 unspecified atom stereocenters. The lowest BCUT2D eigenvalue weighted by atomic mass is 10.1. The van der Waals surface area contributed by atoms with Gasteiger partial charge in [0.25, 0.3) is 0 Å². The highest BCUT2D eigenvalue weighted by atomic mass is 16.2. The second-order valence-corrected chi connectivity index (χ2v) is 11.5. The minimum Gasteiger partial charge on any atom is -0.383 e. The first-order chi connectivity index (χ1) is 23.3. The molecule has 2 fully saturated rings. The second-order valence-electron chi connectivity index (χ2n) is 11.5. The van der Waals surface area contributed by atoms with Gasteiger partial charge in [0.15, 0.2) is 0 Å². The molecule has 2 aliphatic carbocycles. The molecule has 236 valence electrons. The van der Waals surface area contributed by atoms with Crippen molar-refractivity contribution in [3.8, 4) is 34.7 Å². The van der Waals surface area contributed by atoms with Crippen molar-refractivity contribution >= 4 is 56.6 Å². The Hall–Kier alpha value is -6.94. The average Bonchev–Trinajstić information content (AvgIpc) is 3.91. The fourth-order valence-electron chi connectivity index (χ4n) is 5.26. The van der Waals surface area contributed by atoms with Gasteiger partial charge >= 0.3 is 0 Å². The van der Waals surface area contributed by atoms with Crippen LogP contribution in [0, 0.1) is 46.3 Å². The van der Waals surface area contributed by atoms with Crippen LogP contribution in [0.5, 0.6) is 0 Å². The Morgan fingerprint density at radius 2 is 1.15 bits per heavy atom. The maximum Gasteiger partial charge on any atom is 0.230 e. The summed E-state index contributed by atoms with van der Waals surface area (Å²) in [5.41, 5.74) is 15.0. The smallest absolute Gasteiger partial charge is 0.230 e. The Bertz CT molecular complexity index is 2110. The Labute approximate surface area is 271 Å². The van der Waals surface area contributed by atoms with E-state index in [0.29, 0.717) is 58.3 Å². The van der Waals surface area contributed by atoms with Crippen molar-refractivity contribution in [2.45, 2.75) is 12.8 Å². The van der Waals surface area contributed by atoms with Crippen LogP contribution in [0.15, 0.2) is 61.4 Å². The number of anilines is 4. The van der Waals surface area contributed by atoms with Gasteiger partial charge in [0.1, 0.15) is 23.3 Å². The van der Waals surface area contributed by atoms with E-state index in [4.69, 9.17) is 22.0 Å². The zero-order valence-electron chi connectivity index (χ0n) is 25.0. The third-order valence-electron chi connectivity index (χ3n) is 8.17. The molecule has 6 aromatic heterocycles. The minimum atomic E-state index is -0.239. The minimum absolute atomic E-state index is 0.175. The van der Waals surface area contributed by atoms with E-state index in [-0.39, 0.29) is 35.5 Å². The van der Waals surface area contributed by atoms with Crippen molar-refractivity contribution in [1.82, 2.24) is 40.3 Å². The predicted molar refractivity (Wildman–Crippen MR) is 175 cm³/mol. The molecule has 4 atom stereocenters. The molecule has 0 aliphatic heterocycles. The molecule has 8 rings (SSSR count).